The number of carbonyl (C=O) groups excluding carboxylic acids is 1. The Morgan fingerprint density at radius 1 is 1.29 bits per heavy atom. The van der Waals surface area contributed by atoms with Crippen LogP contribution in [0.2, 0.25) is 0 Å². The summed E-state index contributed by atoms with van der Waals surface area (Å²) in [6.07, 6.45) is 0. The molecule has 0 bridgehead atoms. The highest BCUT2D eigenvalue weighted by Gasteiger charge is 2.41. The van der Waals surface area contributed by atoms with Crippen molar-refractivity contribution in [3.8, 4) is 0 Å². The van der Waals surface area contributed by atoms with Crippen molar-refractivity contribution in [3.05, 3.63) is 0 Å². The standard InChI is InChI=1S/C11H21NO5/c1-8(5-13)11(6-14,7-15)17-10(16)9(2)12-3-4-12/h8-9,13-15H,3-7H2,1-2H3. The van der Waals surface area contributed by atoms with Crippen molar-refractivity contribution in [1.82, 2.24) is 4.90 Å². The van der Waals surface area contributed by atoms with Gasteiger partial charge in [0.1, 0.15) is 6.04 Å². The fourth-order valence-electron chi connectivity index (χ4n) is 1.57. The van der Waals surface area contributed by atoms with Crippen LogP contribution in [0.4, 0.5) is 0 Å². The van der Waals surface area contributed by atoms with Gasteiger partial charge in [0.25, 0.3) is 0 Å². The molecule has 0 aromatic heterocycles. The summed E-state index contributed by atoms with van der Waals surface area (Å²) < 4.78 is 5.21. The van der Waals surface area contributed by atoms with Gasteiger partial charge in [0.05, 0.1) is 13.2 Å². The lowest BCUT2D eigenvalue weighted by molar-refractivity contribution is -0.185. The van der Waals surface area contributed by atoms with Gasteiger partial charge in [-0.05, 0) is 6.92 Å². The van der Waals surface area contributed by atoms with E-state index >= 15 is 0 Å². The lowest BCUT2D eigenvalue weighted by Crippen LogP contribution is -2.51. The number of esters is 1. The summed E-state index contributed by atoms with van der Waals surface area (Å²) in [6, 6.07) is -0.377. The summed E-state index contributed by atoms with van der Waals surface area (Å²) in [5.41, 5.74) is -1.41. The van der Waals surface area contributed by atoms with Gasteiger partial charge < -0.3 is 20.1 Å². The van der Waals surface area contributed by atoms with Crippen LogP contribution in [0.1, 0.15) is 13.8 Å². The van der Waals surface area contributed by atoms with Crippen molar-refractivity contribution >= 4 is 5.97 Å². The topological polar surface area (TPSA) is 90.0 Å². The number of aliphatic hydroxyl groups is 3. The second-order valence-corrected chi connectivity index (χ2v) is 4.60. The van der Waals surface area contributed by atoms with E-state index in [2.05, 4.69) is 0 Å². The van der Waals surface area contributed by atoms with Gasteiger partial charge in [0, 0.05) is 25.6 Å². The average molecular weight is 247 g/mol. The maximum absolute atomic E-state index is 11.8. The van der Waals surface area contributed by atoms with Crippen LogP contribution in [0.3, 0.4) is 0 Å². The lowest BCUT2D eigenvalue weighted by atomic mass is 9.90. The minimum Gasteiger partial charge on any atom is -0.453 e. The van der Waals surface area contributed by atoms with Crippen LogP contribution in [0.25, 0.3) is 0 Å². The summed E-state index contributed by atoms with van der Waals surface area (Å²) in [5.74, 6) is -1.01. The Kier molecular flexibility index (Phi) is 4.88. The molecule has 0 amide bonds. The van der Waals surface area contributed by atoms with Gasteiger partial charge >= 0.3 is 5.97 Å². The first-order chi connectivity index (χ1) is 8.00. The summed E-state index contributed by atoms with van der Waals surface area (Å²) in [7, 11) is 0. The molecule has 2 unspecified atom stereocenters. The minimum absolute atomic E-state index is 0.271. The second-order valence-electron chi connectivity index (χ2n) is 4.60. The number of rotatable bonds is 7. The molecule has 1 heterocycles. The number of aliphatic hydroxyl groups excluding tert-OH is 3. The highest BCUT2D eigenvalue weighted by molar-refractivity contribution is 5.76. The molecule has 1 saturated heterocycles. The van der Waals surface area contributed by atoms with Crippen molar-refractivity contribution in [2.24, 2.45) is 5.92 Å². The largest absolute Gasteiger partial charge is 0.453 e. The van der Waals surface area contributed by atoms with Gasteiger partial charge in [-0.3, -0.25) is 9.69 Å². The van der Waals surface area contributed by atoms with E-state index in [0.717, 1.165) is 13.1 Å². The summed E-state index contributed by atoms with van der Waals surface area (Å²) in [5, 5.41) is 27.7. The van der Waals surface area contributed by atoms with Gasteiger partial charge in [-0.1, -0.05) is 6.92 Å². The molecular formula is C11H21NO5. The molecular weight excluding hydrogens is 226 g/mol. The third kappa shape index (κ3) is 3.16. The van der Waals surface area contributed by atoms with E-state index < -0.39 is 30.7 Å². The lowest BCUT2D eigenvalue weighted by Gasteiger charge is -2.35. The van der Waals surface area contributed by atoms with Crippen molar-refractivity contribution in [2.45, 2.75) is 25.5 Å². The molecule has 0 aromatic carbocycles. The fraction of sp³-hybridized carbons (Fsp3) is 0.909. The molecule has 6 nitrogen and oxygen atoms in total. The zero-order valence-corrected chi connectivity index (χ0v) is 10.3. The fourth-order valence-corrected chi connectivity index (χ4v) is 1.57. The van der Waals surface area contributed by atoms with Gasteiger partial charge in [-0.2, -0.15) is 0 Å². The molecule has 1 aliphatic rings. The third-order valence-electron chi connectivity index (χ3n) is 3.38. The molecule has 2 atom stereocenters. The molecule has 0 spiro atoms. The van der Waals surface area contributed by atoms with E-state index in [1.54, 1.807) is 13.8 Å². The Labute approximate surface area is 101 Å². The van der Waals surface area contributed by atoms with Crippen LogP contribution in [-0.4, -0.2) is 70.7 Å². The average Bonchev–Trinajstić information content (AvgIpc) is 3.18. The molecule has 1 fully saturated rings. The molecule has 0 saturated carbocycles. The van der Waals surface area contributed by atoms with E-state index in [9.17, 15) is 15.0 Å². The van der Waals surface area contributed by atoms with E-state index in [-0.39, 0.29) is 12.6 Å². The second kappa shape index (κ2) is 5.77. The van der Waals surface area contributed by atoms with Crippen LogP contribution in [0.5, 0.6) is 0 Å². The van der Waals surface area contributed by atoms with Crippen LogP contribution < -0.4 is 0 Å². The molecule has 6 heteroatoms. The Morgan fingerprint density at radius 2 is 1.82 bits per heavy atom. The van der Waals surface area contributed by atoms with Crippen LogP contribution in [-0.2, 0) is 9.53 Å². The molecule has 3 N–H and O–H groups in total. The van der Waals surface area contributed by atoms with Crippen LogP contribution in [0.15, 0.2) is 0 Å². The van der Waals surface area contributed by atoms with Gasteiger partial charge in [0.2, 0.25) is 0 Å². The summed E-state index contributed by atoms with van der Waals surface area (Å²) in [4.78, 5) is 13.7. The number of nitrogens with zero attached hydrogens (tertiary/aromatic N) is 1. The molecule has 100 valence electrons. The summed E-state index contributed by atoms with van der Waals surface area (Å²) in [6.45, 7) is 3.76. The zero-order chi connectivity index (χ0) is 13.1. The highest BCUT2D eigenvalue weighted by atomic mass is 16.6. The predicted octanol–water partition coefficient (Wildman–Crippen LogP) is -1.41. The normalized spacial score (nSPS) is 19.8. The van der Waals surface area contributed by atoms with E-state index in [1.165, 1.54) is 0 Å². The maximum atomic E-state index is 11.8. The minimum atomic E-state index is -1.41. The van der Waals surface area contributed by atoms with Crippen LogP contribution in [0, 0.1) is 5.92 Å². The Bertz CT molecular complexity index is 263. The Hall–Kier alpha value is -0.690. The van der Waals surface area contributed by atoms with E-state index in [4.69, 9.17) is 9.84 Å². The third-order valence-corrected chi connectivity index (χ3v) is 3.38. The van der Waals surface area contributed by atoms with Gasteiger partial charge in [0.15, 0.2) is 5.60 Å². The smallest absolute Gasteiger partial charge is 0.323 e. The van der Waals surface area contributed by atoms with Crippen molar-refractivity contribution in [1.29, 1.82) is 0 Å². The predicted molar refractivity (Wildman–Crippen MR) is 60.3 cm³/mol. The van der Waals surface area contributed by atoms with Crippen molar-refractivity contribution in [2.75, 3.05) is 32.9 Å². The Morgan fingerprint density at radius 3 is 2.18 bits per heavy atom. The first-order valence-electron chi connectivity index (χ1n) is 5.80. The molecule has 0 aliphatic carbocycles. The highest BCUT2D eigenvalue weighted by Crippen LogP contribution is 2.23. The van der Waals surface area contributed by atoms with Crippen molar-refractivity contribution < 1.29 is 24.9 Å². The first-order valence-corrected chi connectivity index (χ1v) is 5.80. The number of hydrogen-bond donors (Lipinski definition) is 3. The molecule has 0 radical (unpaired) electrons. The maximum Gasteiger partial charge on any atom is 0.323 e. The Balaban J connectivity index is 2.67. The summed E-state index contributed by atoms with van der Waals surface area (Å²) >= 11 is 0. The number of carbonyl (C=O) groups is 1. The van der Waals surface area contributed by atoms with Gasteiger partial charge in [-0.25, -0.2) is 0 Å². The number of hydrogen-bond acceptors (Lipinski definition) is 6. The monoisotopic (exact) mass is 247 g/mol. The zero-order valence-electron chi connectivity index (χ0n) is 10.3. The molecule has 1 aliphatic heterocycles. The molecule has 17 heavy (non-hydrogen) atoms. The SMILES string of the molecule is CC(C(=O)OC(CO)(CO)C(C)CO)N1CC1. The molecule has 1 rings (SSSR count). The quantitative estimate of drug-likeness (QED) is 0.378. The first kappa shape index (κ1) is 14.4. The van der Waals surface area contributed by atoms with Crippen LogP contribution >= 0.6 is 0 Å². The van der Waals surface area contributed by atoms with Gasteiger partial charge in [-0.15, -0.1) is 0 Å². The molecule has 0 aromatic rings. The van der Waals surface area contributed by atoms with Crippen molar-refractivity contribution in [3.63, 3.8) is 0 Å². The number of ether oxygens (including phenoxy) is 1. The van der Waals surface area contributed by atoms with E-state index in [0.29, 0.717) is 0 Å². The van der Waals surface area contributed by atoms with E-state index in [1.807, 2.05) is 4.90 Å².